The van der Waals surface area contributed by atoms with Crippen molar-refractivity contribution in [2.24, 2.45) is 0 Å². The first kappa shape index (κ1) is 17.2. The molecular weight excluding hydrogens is 331 g/mol. The highest BCUT2D eigenvalue weighted by Crippen LogP contribution is 2.53. The minimum absolute atomic E-state index is 0.314. The number of hydrogen-bond donors (Lipinski definition) is 1. The van der Waals surface area contributed by atoms with Crippen LogP contribution in [0.3, 0.4) is 0 Å². The molecule has 2 rings (SSSR count). The van der Waals surface area contributed by atoms with Crippen molar-refractivity contribution in [2.45, 2.75) is 24.3 Å². The fourth-order valence-corrected chi connectivity index (χ4v) is 3.31. The molecule has 0 bridgehead atoms. The summed E-state index contributed by atoms with van der Waals surface area (Å²) in [6, 6.07) is 0. The maximum Gasteiger partial charge on any atom is 0.483 e. The van der Waals surface area contributed by atoms with Crippen molar-refractivity contribution in [3.8, 4) is 0 Å². The lowest BCUT2D eigenvalue weighted by molar-refractivity contribution is -0.610. The van der Waals surface area contributed by atoms with Crippen LogP contribution in [0.4, 0.5) is 0 Å². The molecule has 11 heteroatoms. The molecule has 10 nitrogen and oxygen atoms in total. The molecule has 0 spiro atoms. The molecule has 0 aromatic carbocycles. The zero-order chi connectivity index (χ0) is 17.1. The van der Waals surface area contributed by atoms with E-state index in [-0.39, 0.29) is 12.8 Å². The molecule has 0 saturated heterocycles. The van der Waals surface area contributed by atoms with Crippen LogP contribution in [0.2, 0.25) is 0 Å². The van der Waals surface area contributed by atoms with Gasteiger partial charge in [-0.25, -0.2) is 13.6 Å². The third-order valence-electron chi connectivity index (χ3n) is 3.19. The molecule has 2 atom stereocenters. The Bertz CT molecular complexity index is 631. The van der Waals surface area contributed by atoms with E-state index < -0.39 is 29.1 Å². The second kappa shape index (κ2) is 6.17. The predicted octanol–water partition coefficient (Wildman–Crippen LogP) is 2.10. The van der Waals surface area contributed by atoms with Crippen LogP contribution >= 0.6 is 7.82 Å². The summed E-state index contributed by atoms with van der Waals surface area (Å²) in [6.07, 6.45) is 9.63. The third kappa shape index (κ3) is 3.62. The Morgan fingerprint density at radius 1 is 0.913 bits per heavy atom. The van der Waals surface area contributed by atoms with Gasteiger partial charge in [0.1, 0.15) is 0 Å². The van der Waals surface area contributed by atoms with E-state index in [2.05, 4.69) is 0 Å². The van der Waals surface area contributed by atoms with E-state index in [4.69, 9.17) is 9.05 Å². The van der Waals surface area contributed by atoms with Gasteiger partial charge in [0.2, 0.25) is 0 Å². The maximum absolute atomic E-state index is 12.2. The fraction of sp³-hybridized carbons (Fsp3) is 0.333. The van der Waals surface area contributed by atoms with Gasteiger partial charge in [-0.2, -0.15) is 0 Å². The lowest BCUT2D eigenvalue weighted by atomic mass is 10.1. The summed E-state index contributed by atoms with van der Waals surface area (Å²) < 4.78 is 21.5. The first-order valence-electron chi connectivity index (χ1n) is 6.43. The minimum Gasteiger partial charge on any atom is -0.302 e. The van der Waals surface area contributed by atoms with E-state index in [1.54, 1.807) is 0 Å². The van der Waals surface area contributed by atoms with Crippen LogP contribution in [0.25, 0.3) is 0 Å². The smallest absolute Gasteiger partial charge is 0.302 e. The number of phosphoric acid groups is 1. The first-order chi connectivity index (χ1) is 10.7. The van der Waals surface area contributed by atoms with E-state index in [0.717, 1.165) is 12.2 Å². The SMILES string of the molecule is O=[N+]([O-])C1(OP(=O)(O)OC2([N+](=O)[O-])C=CC=CC2)C=CC=CC1. The summed E-state index contributed by atoms with van der Waals surface area (Å²) in [5, 5.41) is 22.4. The quantitative estimate of drug-likeness (QED) is 0.334. The van der Waals surface area contributed by atoms with Gasteiger partial charge in [0.15, 0.2) is 0 Å². The van der Waals surface area contributed by atoms with E-state index in [9.17, 15) is 29.7 Å². The molecular formula is C12H13N2O8P. The van der Waals surface area contributed by atoms with Gasteiger partial charge >= 0.3 is 19.3 Å². The van der Waals surface area contributed by atoms with Crippen LogP contribution < -0.4 is 0 Å². The minimum atomic E-state index is -5.12. The zero-order valence-corrected chi connectivity index (χ0v) is 12.6. The topological polar surface area (TPSA) is 142 Å². The van der Waals surface area contributed by atoms with Crippen molar-refractivity contribution in [3.63, 3.8) is 0 Å². The van der Waals surface area contributed by atoms with Crippen LogP contribution in [0.5, 0.6) is 0 Å². The summed E-state index contributed by atoms with van der Waals surface area (Å²) in [7, 11) is -5.12. The van der Waals surface area contributed by atoms with Gasteiger partial charge in [-0.05, 0) is 0 Å². The van der Waals surface area contributed by atoms with Crippen LogP contribution in [-0.2, 0) is 13.6 Å². The first-order valence-corrected chi connectivity index (χ1v) is 7.93. The zero-order valence-electron chi connectivity index (χ0n) is 11.7. The monoisotopic (exact) mass is 344 g/mol. The van der Waals surface area contributed by atoms with Crippen molar-refractivity contribution in [3.05, 3.63) is 68.8 Å². The number of allylic oxidation sites excluding steroid dienone is 4. The van der Waals surface area contributed by atoms with Gasteiger partial charge in [-0.3, -0.25) is 20.2 Å². The highest BCUT2D eigenvalue weighted by atomic mass is 31.2. The Labute approximate surface area is 130 Å². The van der Waals surface area contributed by atoms with E-state index >= 15 is 0 Å². The highest BCUT2D eigenvalue weighted by molar-refractivity contribution is 7.47. The molecule has 0 amide bonds. The lowest BCUT2D eigenvalue weighted by Gasteiger charge is -2.28. The van der Waals surface area contributed by atoms with Gasteiger partial charge in [0, 0.05) is 12.2 Å². The Morgan fingerprint density at radius 3 is 1.57 bits per heavy atom. The van der Waals surface area contributed by atoms with Crippen LogP contribution in [0, 0.1) is 20.2 Å². The molecule has 2 unspecified atom stereocenters. The van der Waals surface area contributed by atoms with E-state index in [1.807, 2.05) is 0 Å². The van der Waals surface area contributed by atoms with Crippen LogP contribution in [-0.4, -0.2) is 26.2 Å². The van der Waals surface area contributed by atoms with Crippen molar-refractivity contribution >= 4 is 7.82 Å². The number of hydrogen-bond acceptors (Lipinski definition) is 7. The number of phosphoric ester groups is 1. The Kier molecular flexibility index (Phi) is 4.62. The molecule has 124 valence electrons. The molecule has 0 aliphatic heterocycles. The number of nitrogens with zero attached hydrogens (tertiary/aromatic N) is 2. The van der Waals surface area contributed by atoms with Gasteiger partial charge < -0.3 is 4.89 Å². The largest absolute Gasteiger partial charge is 0.483 e. The molecule has 23 heavy (non-hydrogen) atoms. The fourth-order valence-electron chi connectivity index (χ4n) is 2.07. The lowest BCUT2D eigenvalue weighted by Crippen LogP contribution is -2.42. The average molecular weight is 344 g/mol. The van der Waals surface area contributed by atoms with Crippen molar-refractivity contribution < 1.29 is 28.4 Å². The van der Waals surface area contributed by atoms with E-state index in [1.165, 1.54) is 36.5 Å². The highest BCUT2D eigenvalue weighted by Gasteiger charge is 2.54. The van der Waals surface area contributed by atoms with Crippen LogP contribution in [0.15, 0.2) is 48.6 Å². The second-order valence-corrected chi connectivity index (χ2v) is 6.14. The molecule has 0 fully saturated rings. The molecule has 0 saturated carbocycles. The molecule has 0 heterocycles. The molecule has 2 aliphatic carbocycles. The summed E-state index contributed by atoms with van der Waals surface area (Å²) >= 11 is 0. The Balaban J connectivity index is 2.26. The van der Waals surface area contributed by atoms with Crippen LogP contribution in [0.1, 0.15) is 12.8 Å². The second-order valence-electron chi connectivity index (χ2n) is 4.84. The van der Waals surface area contributed by atoms with Crippen molar-refractivity contribution in [2.75, 3.05) is 0 Å². The Hall–Kier alpha value is -2.13. The van der Waals surface area contributed by atoms with E-state index in [0.29, 0.717) is 0 Å². The molecule has 1 N–H and O–H groups in total. The number of nitro groups is 2. The number of rotatable bonds is 6. The van der Waals surface area contributed by atoms with Crippen molar-refractivity contribution in [1.82, 2.24) is 0 Å². The summed E-state index contributed by atoms with van der Waals surface area (Å²) in [5.74, 6) is 0. The normalized spacial score (nSPS) is 31.7. The summed E-state index contributed by atoms with van der Waals surface area (Å²) in [6.45, 7) is 0. The Morgan fingerprint density at radius 2 is 1.30 bits per heavy atom. The predicted molar refractivity (Wildman–Crippen MR) is 77.2 cm³/mol. The van der Waals surface area contributed by atoms with Gasteiger partial charge in [-0.15, -0.1) is 0 Å². The summed E-state index contributed by atoms with van der Waals surface area (Å²) in [4.78, 5) is 30.5. The average Bonchev–Trinajstić information content (AvgIpc) is 2.47. The summed E-state index contributed by atoms with van der Waals surface area (Å²) in [5.41, 5.74) is -4.63. The van der Waals surface area contributed by atoms with Gasteiger partial charge in [-0.1, -0.05) is 36.5 Å². The molecule has 0 aromatic rings. The standard InChI is InChI=1S/C12H13N2O8P/c15-13(16)11(7-3-1-4-8-11)21-23(19,20)22-12(14(17)18)9-5-2-6-10-12/h1-7,9H,8,10H2,(H,19,20). The molecule has 0 aromatic heterocycles. The molecule has 2 aliphatic rings. The third-order valence-corrected chi connectivity index (χ3v) is 4.29. The van der Waals surface area contributed by atoms with Gasteiger partial charge in [0.25, 0.3) is 0 Å². The molecule has 0 radical (unpaired) electrons. The van der Waals surface area contributed by atoms with Crippen molar-refractivity contribution in [1.29, 1.82) is 0 Å². The maximum atomic E-state index is 12.2. The van der Waals surface area contributed by atoms with Gasteiger partial charge in [0.05, 0.1) is 22.7 Å².